The maximum absolute atomic E-state index is 12.9. The number of halogens is 1. The van der Waals surface area contributed by atoms with Crippen LogP contribution in [0.3, 0.4) is 0 Å². The van der Waals surface area contributed by atoms with Crippen molar-refractivity contribution in [2.45, 2.75) is 45.2 Å². The van der Waals surface area contributed by atoms with E-state index in [2.05, 4.69) is 5.32 Å². The molecule has 0 saturated heterocycles. The van der Waals surface area contributed by atoms with Crippen LogP contribution >= 0.6 is 11.6 Å². The molecular formula is C21H27ClN2O3S. The van der Waals surface area contributed by atoms with E-state index in [1.54, 1.807) is 31.2 Å². The minimum absolute atomic E-state index is 0.0810. The lowest BCUT2D eigenvalue weighted by Gasteiger charge is -2.31. The fourth-order valence-electron chi connectivity index (χ4n) is 3.11. The largest absolute Gasteiger partial charge is 0.352 e. The molecule has 7 heteroatoms. The summed E-state index contributed by atoms with van der Waals surface area (Å²) in [5.74, 6) is -0.312. The second-order valence-electron chi connectivity index (χ2n) is 6.90. The van der Waals surface area contributed by atoms with Crippen molar-refractivity contribution < 1.29 is 13.2 Å². The molecular weight excluding hydrogens is 396 g/mol. The second-order valence-corrected chi connectivity index (χ2v) is 9.19. The Morgan fingerprint density at radius 3 is 2.39 bits per heavy atom. The summed E-state index contributed by atoms with van der Waals surface area (Å²) >= 11 is 6.03. The summed E-state index contributed by atoms with van der Waals surface area (Å²) in [4.78, 5) is 12.9. The quantitative estimate of drug-likeness (QED) is 0.663. The number of amides is 1. The van der Waals surface area contributed by atoms with Gasteiger partial charge < -0.3 is 5.32 Å². The van der Waals surface area contributed by atoms with E-state index in [1.807, 2.05) is 37.3 Å². The number of carbonyl (C=O) groups excluding carboxylic acids is 1. The van der Waals surface area contributed by atoms with Gasteiger partial charge in [0.1, 0.15) is 6.04 Å². The number of nitrogens with one attached hydrogen (secondary N) is 1. The first kappa shape index (κ1) is 22.2. The maximum Gasteiger partial charge on any atom is 0.244 e. The average molecular weight is 423 g/mol. The van der Waals surface area contributed by atoms with Gasteiger partial charge in [0.05, 0.1) is 11.9 Å². The van der Waals surface area contributed by atoms with Gasteiger partial charge in [0.15, 0.2) is 0 Å². The summed E-state index contributed by atoms with van der Waals surface area (Å²) in [6, 6.07) is 15.6. The first-order valence-electron chi connectivity index (χ1n) is 9.31. The molecule has 5 nitrogen and oxygen atoms in total. The van der Waals surface area contributed by atoms with Crippen LogP contribution in [0.25, 0.3) is 0 Å². The Balaban J connectivity index is 2.12. The van der Waals surface area contributed by atoms with Crippen LogP contribution in [0.15, 0.2) is 54.6 Å². The summed E-state index contributed by atoms with van der Waals surface area (Å²) in [5, 5.41) is 3.37. The molecule has 0 aliphatic heterocycles. The molecule has 2 rings (SSSR count). The molecule has 2 aromatic rings. The van der Waals surface area contributed by atoms with Gasteiger partial charge in [0, 0.05) is 11.1 Å². The van der Waals surface area contributed by atoms with Crippen molar-refractivity contribution in [2.24, 2.45) is 0 Å². The Hall–Kier alpha value is -2.05. The van der Waals surface area contributed by atoms with Crippen LogP contribution in [0.1, 0.15) is 32.3 Å². The van der Waals surface area contributed by atoms with E-state index in [4.69, 9.17) is 11.6 Å². The summed E-state index contributed by atoms with van der Waals surface area (Å²) in [6.07, 6.45) is 3.05. The van der Waals surface area contributed by atoms with Crippen LogP contribution < -0.4 is 9.62 Å². The minimum atomic E-state index is -3.67. The zero-order valence-corrected chi connectivity index (χ0v) is 18.0. The molecule has 0 bridgehead atoms. The lowest BCUT2D eigenvalue weighted by Crippen LogP contribution is -2.51. The van der Waals surface area contributed by atoms with Crippen LogP contribution in [0.5, 0.6) is 0 Å². The third-order valence-corrected chi connectivity index (χ3v) is 5.90. The Kier molecular flexibility index (Phi) is 7.89. The molecule has 0 heterocycles. The fraction of sp³-hybridized carbons (Fsp3) is 0.381. The third-order valence-electron chi connectivity index (χ3n) is 4.49. The molecule has 0 aliphatic rings. The maximum atomic E-state index is 12.9. The first-order valence-corrected chi connectivity index (χ1v) is 11.5. The van der Waals surface area contributed by atoms with Crippen molar-refractivity contribution >= 4 is 33.2 Å². The molecule has 152 valence electrons. The summed E-state index contributed by atoms with van der Waals surface area (Å²) < 4.78 is 26.0. The Morgan fingerprint density at radius 2 is 1.82 bits per heavy atom. The molecule has 0 radical (unpaired) electrons. The smallest absolute Gasteiger partial charge is 0.244 e. The molecule has 2 unspecified atom stereocenters. The molecule has 0 spiro atoms. The monoisotopic (exact) mass is 422 g/mol. The number of aryl methyl sites for hydroxylation is 1. The van der Waals surface area contributed by atoms with E-state index < -0.39 is 16.1 Å². The number of benzene rings is 2. The van der Waals surface area contributed by atoms with Gasteiger partial charge in [0.25, 0.3) is 0 Å². The highest BCUT2D eigenvalue weighted by atomic mass is 35.5. The van der Waals surface area contributed by atoms with Crippen LogP contribution in [0.4, 0.5) is 5.69 Å². The first-order chi connectivity index (χ1) is 13.2. The van der Waals surface area contributed by atoms with E-state index >= 15 is 0 Å². The normalized spacial score (nSPS) is 13.6. The second kappa shape index (κ2) is 9.94. The highest BCUT2D eigenvalue weighted by Crippen LogP contribution is 2.25. The number of sulfonamides is 1. The van der Waals surface area contributed by atoms with E-state index in [9.17, 15) is 13.2 Å². The van der Waals surface area contributed by atoms with E-state index in [-0.39, 0.29) is 11.9 Å². The van der Waals surface area contributed by atoms with Gasteiger partial charge in [-0.1, -0.05) is 54.9 Å². The van der Waals surface area contributed by atoms with Gasteiger partial charge >= 0.3 is 0 Å². The minimum Gasteiger partial charge on any atom is -0.352 e. The van der Waals surface area contributed by atoms with Crippen molar-refractivity contribution in [2.75, 3.05) is 10.6 Å². The fourth-order valence-corrected chi connectivity index (χ4v) is 4.50. The molecule has 0 fully saturated rings. The highest BCUT2D eigenvalue weighted by Gasteiger charge is 2.32. The number of hydrogen-bond acceptors (Lipinski definition) is 3. The number of nitrogens with zero attached hydrogens (tertiary/aromatic N) is 1. The average Bonchev–Trinajstić information content (AvgIpc) is 2.64. The number of hydrogen-bond donors (Lipinski definition) is 1. The molecule has 28 heavy (non-hydrogen) atoms. The van der Waals surface area contributed by atoms with Crippen molar-refractivity contribution in [3.63, 3.8) is 0 Å². The lowest BCUT2D eigenvalue weighted by molar-refractivity contribution is -0.122. The van der Waals surface area contributed by atoms with Crippen LogP contribution in [-0.4, -0.2) is 32.7 Å². The highest BCUT2D eigenvalue weighted by molar-refractivity contribution is 7.92. The topological polar surface area (TPSA) is 66.5 Å². The Labute approximate surface area is 172 Å². The summed E-state index contributed by atoms with van der Waals surface area (Å²) in [5.41, 5.74) is 1.58. The van der Waals surface area contributed by atoms with Crippen LogP contribution in [-0.2, 0) is 21.2 Å². The Morgan fingerprint density at radius 1 is 1.14 bits per heavy atom. The molecule has 0 aromatic heterocycles. The summed E-state index contributed by atoms with van der Waals surface area (Å²) in [6.45, 7) is 3.72. The lowest BCUT2D eigenvalue weighted by atomic mass is 10.1. The SMILES string of the molecule is CCC(C(=O)NC(C)CCc1ccccc1)N(c1cccc(Cl)c1)S(C)(=O)=O. The molecule has 1 amide bonds. The zero-order chi connectivity index (χ0) is 20.7. The predicted molar refractivity (Wildman–Crippen MR) is 115 cm³/mol. The molecule has 1 N–H and O–H groups in total. The van der Waals surface area contributed by atoms with Gasteiger partial charge in [-0.15, -0.1) is 0 Å². The van der Waals surface area contributed by atoms with Gasteiger partial charge in [-0.05, 0) is 49.9 Å². The van der Waals surface area contributed by atoms with Gasteiger partial charge in [-0.2, -0.15) is 0 Å². The third kappa shape index (κ3) is 6.24. The molecule has 0 saturated carbocycles. The van der Waals surface area contributed by atoms with E-state index in [1.165, 1.54) is 5.56 Å². The van der Waals surface area contributed by atoms with Crippen molar-refractivity contribution in [3.05, 3.63) is 65.2 Å². The van der Waals surface area contributed by atoms with Crippen molar-refractivity contribution in [1.82, 2.24) is 5.32 Å². The Bertz CT molecular complexity index is 888. The predicted octanol–water partition coefficient (Wildman–Crippen LogP) is 4.02. The van der Waals surface area contributed by atoms with Gasteiger partial charge in [-0.3, -0.25) is 9.10 Å². The van der Waals surface area contributed by atoms with Gasteiger partial charge in [0.2, 0.25) is 15.9 Å². The zero-order valence-electron chi connectivity index (χ0n) is 16.4. The van der Waals surface area contributed by atoms with Crippen LogP contribution in [0.2, 0.25) is 5.02 Å². The molecule has 2 aromatic carbocycles. The van der Waals surface area contributed by atoms with E-state index in [0.717, 1.165) is 23.4 Å². The van der Waals surface area contributed by atoms with Crippen LogP contribution in [0, 0.1) is 0 Å². The molecule has 0 aliphatic carbocycles. The number of carbonyl (C=O) groups is 1. The standard InChI is InChI=1S/C21H27ClN2O3S/c1-4-20(24(28(3,26)27)19-12-8-11-18(22)15-19)21(25)23-16(2)13-14-17-9-6-5-7-10-17/h5-12,15-16,20H,4,13-14H2,1-3H3,(H,23,25). The van der Waals surface area contributed by atoms with Gasteiger partial charge in [-0.25, -0.2) is 8.42 Å². The van der Waals surface area contributed by atoms with Crippen molar-refractivity contribution in [3.8, 4) is 0 Å². The van der Waals surface area contributed by atoms with E-state index in [0.29, 0.717) is 17.1 Å². The number of rotatable bonds is 9. The van der Waals surface area contributed by atoms with Crippen molar-refractivity contribution in [1.29, 1.82) is 0 Å². The number of anilines is 1. The molecule has 2 atom stereocenters. The summed E-state index contributed by atoms with van der Waals surface area (Å²) in [7, 11) is -3.67.